The summed E-state index contributed by atoms with van der Waals surface area (Å²) in [5.74, 6) is 0.220. The van der Waals surface area contributed by atoms with E-state index in [2.05, 4.69) is 10.6 Å². The van der Waals surface area contributed by atoms with E-state index in [1.807, 2.05) is 0 Å². The number of hydrogen-bond acceptors (Lipinski definition) is 4. The summed E-state index contributed by atoms with van der Waals surface area (Å²) in [6.07, 6.45) is 3.11. The fourth-order valence-corrected chi connectivity index (χ4v) is 4.29. The smallest absolute Gasteiger partial charge is 0.328 e. The predicted molar refractivity (Wildman–Crippen MR) is 104 cm³/mol. The average molecular weight is 404 g/mol. The summed E-state index contributed by atoms with van der Waals surface area (Å²) in [7, 11) is 0. The number of carbonyl (C=O) groups is 3. The van der Waals surface area contributed by atoms with E-state index in [0.29, 0.717) is 30.6 Å². The van der Waals surface area contributed by atoms with Crippen LogP contribution in [0.15, 0.2) is 18.2 Å². The van der Waals surface area contributed by atoms with Crippen molar-refractivity contribution in [2.45, 2.75) is 25.7 Å². The van der Waals surface area contributed by atoms with E-state index in [-0.39, 0.29) is 30.6 Å². The van der Waals surface area contributed by atoms with E-state index in [1.165, 1.54) is 23.1 Å². The van der Waals surface area contributed by atoms with Crippen molar-refractivity contribution in [1.29, 1.82) is 0 Å². The topological polar surface area (TPSA) is 91.0 Å². The number of nitrogens with zero attached hydrogens (tertiary/aromatic N) is 2. The van der Waals surface area contributed by atoms with Crippen LogP contribution in [0.1, 0.15) is 25.7 Å². The lowest BCUT2D eigenvalue weighted by molar-refractivity contribution is -0.120. The van der Waals surface area contributed by atoms with Gasteiger partial charge in [0.2, 0.25) is 5.91 Å². The van der Waals surface area contributed by atoms with E-state index in [1.54, 1.807) is 4.90 Å². The van der Waals surface area contributed by atoms with Crippen LogP contribution in [-0.2, 0) is 9.53 Å². The molecule has 0 aromatic heterocycles. The molecule has 0 spiro atoms. The van der Waals surface area contributed by atoms with E-state index < -0.39 is 11.8 Å². The van der Waals surface area contributed by atoms with Gasteiger partial charge in [-0.2, -0.15) is 0 Å². The Bertz CT molecular complexity index is 804. The molecule has 0 saturated carbocycles. The Morgan fingerprint density at radius 1 is 1.14 bits per heavy atom. The number of anilines is 2. The van der Waals surface area contributed by atoms with Crippen LogP contribution in [-0.4, -0.2) is 55.7 Å². The highest BCUT2D eigenvalue weighted by Crippen LogP contribution is 2.31. The molecule has 1 aromatic carbocycles. The molecule has 5 amide bonds. The number of rotatable bonds is 3. The average Bonchev–Trinajstić information content (AvgIpc) is 3.25. The molecule has 3 saturated heterocycles. The first kappa shape index (κ1) is 19.6. The lowest BCUT2D eigenvalue weighted by atomic mass is 9.84. The summed E-state index contributed by atoms with van der Waals surface area (Å²) in [5.41, 5.74) is 0.440. The summed E-state index contributed by atoms with van der Waals surface area (Å²) < 4.78 is 19.7. The number of nitrogens with one attached hydrogen (secondary N) is 2. The monoisotopic (exact) mass is 404 g/mol. The number of likely N-dealkylation sites (tertiary alicyclic amines) is 1. The fourth-order valence-electron chi connectivity index (χ4n) is 4.29. The molecule has 3 fully saturated rings. The Morgan fingerprint density at radius 3 is 2.62 bits per heavy atom. The standard InChI is InChI=1S/C20H25FN4O4/c21-16-2-1-15(11-17(16)25-9-5-18(26)23-20(25)28)22-19(27)24-7-3-13(4-8-24)14-6-10-29-12-14/h1-2,11,13-14H,3-10,12H2,(H,22,27)(H,23,26,28). The van der Waals surface area contributed by atoms with Crippen molar-refractivity contribution in [1.82, 2.24) is 10.2 Å². The van der Waals surface area contributed by atoms with Crippen molar-refractivity contribution in [3.63, 3.8) is 0 Å². The maximum atomic E-state index is 14.3. The van der Waals surface area contributed by atoms with Gasteiger partial charge >= 0.3 is 12.1 Å². The first-order valence-corrected chi connectivity index (χ1v) is 10.1. The molecular weight excluding hydrogens is 379 g/mol. The van der Waals surface area contributed by atoms with Crippen LogP contribution in [0, 0.1) is 17.7 Å². The highest BCUT2D eigenvalue weighted by Gasteiger charge is 2.31. The minimum Gasteiger partial charge on any atom is -0.381 e. The van der Waals surface area contributed by atoms with Gasteiger partial charge in [0, 0.05) is 45.0 Å². The van der Waals surface area contributed by atoms with Crippen LogP contribution < -0.4 is 15.5 Å². The molecule has 0 bridgehead atoms. The van der Waals surface area contributed by atoms with Gasteiger partial charge in [0.25, 0.3) is 0 Å². The number of piperidine rings is 1. The highest BCUT2D eigenvalue weighted by atomic mass is 19.1. The van der Waals surface area contributed by atoms with Gasteiger partial charge in [0.15, 0.2) is 0 Å². The van der Waals surface area contributed by atoms with Crippen molar-refractivity contribution in [2.24, 2.45) is 11.8 Å². The molecule has 0 aliphatic carbocycles. The summed E-state index contributed by atoms with van der Waals surface area (Å²) in [6.45, 7) is 3.11. The molecule has 4 rings (SSSR count). The molecule has 1 aromatic rings. The number of urea groups is 2. The summed E-state index contributed by atoms with van der Waals surface area (Å²) in [6, 6.07) is 3.20. The maximum Gasteiger partial charge on any atom is 0.328 e. The zero-order valence-corrected chi connectivity index (χ0v) is 16.2. The van der Waals surface area contributed by atoms with Crippen molar-refractivity contribution >= 4 is 29.3 Å². The molecule has 1 unspecified atom stereocenters. The Morgan fingerprint density at radius 2 is 1.93 bits per heavy atom. The van der Waals surface area contributed by atoms with Gasteiger partial charge in [0.05, 0.1) is 5.69 Å². The van der Waals surface area contributed by atoms with Crippen LogP contribution in [0.5, 0.6) is 0 Å². The number of halogens is 1. The summed E-state index contributed by atoms with van der Waals surface area (Å²) >= 11 is 0. The zero-order chi connectivity index (χ0) is 20.4. The number of carbonyl (C=O) groups excluding carboxylic acids is 3. The first-order valence-electron chi connectivity index (χ1n) is 10.1. The van der Waals surface area contributed by atoms with Crippen molar-refractivity contribution in [2.75, 3.05) is 43.1 Å². The normalized spacial score (nSPS) is 23.3. The van der Waals surface area contributed by atoms with E-state index >= 15 is 0 Å². The quantitative estimate of drug-likeness (QED) is 0.810. The van der Waals surface area contributed by atoms with E-state index in [4.69, 9.17) is 4.74 Å². The van der Waals surface area contributed by atoms with Crippen molar-refractivity contribution < 1.29 is 23.5 Å². The number of amides is 5. The van der Waals surface area contributed by atoms with Gasteiger partial charge < -0.3 is 15.0 Å². The highest BCUT2D eigenvalue weighted by molar-refractivity contribution is 6.06. The number of hydrogen-bond donors (Lipinski definition) is 2. The number of ether oxygens (including phenoxy) is 1. The molecule has 3 heterocycles. The van der Waals surface area contributed by atoms with Crippen LogP contribution in [0.2, 0.25) is 0 Å². The molecule has 156 valence electrons. The maximum absolute atomic E-state index is 14.3. The summed E-state index contributed by atoms with van der Waals surface area (Å²) in [4.78, 5) is 38.9. The molecule has 8 nitrogen and oxygen atoms in total. The molecule has 0 radical (unpaired) electrons. The molecule has 9 heteroatoms. The third kappa shape index (κ3) is 4.34. The fraction of sp³-hybridized carbons (Fsp3) is 0.550. The van der Waals surface area contributed by atoms with Gasteiger partial charge in [-0.25, -0.2) is 14.0 Å². The second-order valence-electron chi connectivity index (χ2n) is 7.80. The summed E-state index contributed by atoms with van der Waals surface area (Å²) in [5, 5.41) is 4.97. The zero-order valence-electron chi connectivity index (χ0n) is 16.2. The lowest BCUT2D eigenvalue weighted by Gasteiger charge is -2.34. The van der Waals surface area contributed by atoms with E-state index in [0.717, 1.165) is 32.5 Å². The van der Waals surface area contributed by atoms with Gasteiger partial charge in [-0.3, -0.25) is 15.0 Å². The number of benzene rings is 1. The lowest BCUT2D eigenvalue weighted by Crippen LogP contribution is -2.49. The minimum absolute atomic E-state index is 0.0349. The second kappa shape index (κ2) is 8.36. The van der Waals surface area contributed by atoms with Gasteiger partial charge in [0.1, 0.15) is 5.82 Å². The molecule has 3 aliphatic rings. The van der Waals surface area contributed by atoms with Crippen LogP contribution in [0.25, 0.3) is 0 Å². The Kier molecular flexibility index (Phi) is 5.66. The van der Waals surface area contributed by atoms with Crippen molar-refractivity contribution in [3.05, 3.63) is 24.0 Å². The predicted octanol–water partition coefficient (Wildman–Crippen LogP) is 2.55. The third-order valence-corrected chi connectivity index (χ3v) is 6.00. The Hall–Kier alpha value is -2.68. The molecule has 29 heavy (non-hydrogen) atoms. The SMILES string of the molecule is O=C1CCN(c2cc(NC(=O)N3CCC(C4CCOC4)CC3)ccc2F)C(=O)N1. The molecule has 3 aliphatic heterocycles. The number of imide groups is 1. The van der Waals surface area contributed by atoms with Gasteiger partial charge in [-0.05, 0) is 49.3 Å². The second-order valence-corrected chi connectivity index (χ2v) is 7.80. The van der Waals surface area contributed by atoms with Gasteiger partial charge in [-0.15, -0.1) is 0 Å². The van der Waals surface area contributed by atoms with Gasteiger partial charge in [-0.1, -0.05) is 0 Å². The van der Waals surface area contributed by atoms with Crippen LogP contribution in [0.3, 0.4) is 0 Å². The Labute approximate surface area is 168 Å². The minimum atomic E-state index is -0.665. The van der Waals surface area contributed by atoms with Crippen molar-refractivity contribution in [3.8, 4) is 0 Å². The van der Waals surface area contributed by atoms with E-state index in [9.17, 15) is 18.8 Å². The molecule has 1 atom stereocenters. The Balaban J connectivity index is 1.37. The first-order chi connectivity index (χ1) is 14.0. The van der Waals surface area contributed by atoms with Crippen LogP contribution in [0.4, 0.5) is 25.4 Å². The third-order valence-electron chi connectivity index (χ3n) is 6.00. The largest absolute Gasteiger partial charge is 0.381 e. The molecule has 2 N–H and O–H groups in total. The van der Waals surface area contributed by atoms with Crippen LogP contribution >= 0.6 is 0 Å². The molecular formula is C20H25FN4O4.